The molecule has 0 aliphatic heterocycles. The Balaban J connectivity index is 1.35. The normalized spacial score (nSPS) is 18.2. The van der Waals surface area contributed by atoms with Gasteiger partial charge in [0.2, 0.25) is 10.0 Å². The van der Waals surface area contributed by atoms with Crippen molar-refractivity contribution in [1.82, 2.24) is 9.97 Å². The highest BCUT2D eigenvalue weighted by Gasteiger charge is 2.41. The minimum atomic E-state index is -4.37. The number of hydrogen-bond acceptors (Lipinski definition) is 4. The summed E-state index contributed by atoms with van der Waals surface area (Å²) < 4.78 is 65.6. The number of ether oxygens (including phenoxy) is 1. The van der Waals surface area contributed by atoms with Crippen LogP contribution in [0.15, 0.2) is 71.6 Å². The number of hydrogen-bond donors (Lipinski definition) is 2. The molecule has 1 aliphatic rings. The first-order valence-corrected chi connectivity index (χ1v) is 12.0. The third kappa shape index (κ3) is 4.64. The maximum absolute atomic E-state index is 12.3. The number of fused-ring (bicyclic) bond motifs is 1. The number of primary sulfonamides is 1. The zero-order valence-corrected chi connectivity index (χ0v) is 18.5. The van der Waals surface area contributed by atoms with Gasteiger partial charge in [0.05, 0.1) is 15.9 Å². The van der Waals surface area contributed by atoms with Gasteiger partial charge < -0.3 is 9.72 Å². The monoisotopic (exact) mass is 487 g/mol. The molecule has 176 valence electrons. The van der Waals surface area contributed by atoms with E-state index in [0.717, 1.165) is 28.8 Å². The van der Waals surface area contributed by atoms with E-state index in [9.17, 15) is 21.6 Å². The van der Waals surface area contributed by atoms with E-state index in [1.807, 2.05) is 12.1 Å². The molecule has 10 heteroatoms. The quantitative estimate of drug-likeness (QED) is 0.396. The van der Waals surface area contributed by atoms with Gasteiger partial charge in [-0.2, -0.15) is 13.2 Å². The lowest BCUT2D eigenvalue weighted by molar-refractivity contribution is -0.153. The Kier molecular flexibility index (Phi) is 5.37. The lowest BCUT2D eigenvalue weighted by atomic mass is 10.1. The van der Waals surface area contributed by atoms with E-state index in [2.05, 4.69) is 9.97 Å². The fourth-order valence-corrected chi connectivity index (χ4v) is 4.93. The van der Waals surface area contributed by atoms with E-state index in [4.69, 9.17) is 9.88 Å². The number of nitrogens with two attached hydrogens (primary N) is 1. The Morgan fingerprint density at radius 2 is 1.76 bits per heavy atom. The summed E-state index contributed by atoms with van der Waals surface area (Å²) >= 11 is 0. The molecular weight excluding hydrogens is 467 g/mol. The minimum Gasteiger partial charge on any atom is -0.484 e. The molecule has 4 aromatic rings. The van der Waals surface area contributed by atoms with Gasteiger partial charge >= 0.3 is 6.18 Å². The molecule has 0 spiro atoms. The first-order chi connectivity index (χ1) is 16.1. The number of aromatic nitrogens is 2. The summed E-state index contributed by atoms with van der Waals surface area (Å²) in [7, 11) is -3.88. The van der Waals surface area contributed by atoms with Gasteiger partial charge in [-0.1, -0.05) is 36.4 Å². The van der Waals surface area contributed by atoms with Crippen LogP contribution < -0.4 is 9.88 Å². The largest absolute Gasteiger partial charge is 0.484 e. The van der Waals surface area contributed by atoms with Crippen molar-refractivity contribution in [3.63, 3.8) is 0 Å². The van der Waals surface area contributed by atoms with Crippen molar-refractivity contribution in [1.29, 1.82) is 0 Å². The summed E-state index contributed by atoms with van der Waals surface area (Å²) in [6.07, 6.45) is -3.51. The highest BCUT2D eigenvalue weighted by molar-refractivity contribution is 7.89. The van der Waals surface area contributed by atoms with Gasteiger partial charge in [-0.25, -0.2) is 18.5 Å². The van der Waals surface area contributed by atoms with E-state index in [0.29, 0.717) is 11.1 Å². The Morgan fingerprint density at radius 1 is 1.03 bits per heavy atom. The number of alkyl halides is 3. The number of nitrogens with zero attached hydrogens (tertiary/aromatic N) is 1. The molecule has 1 saturated carbocycles. The molecule has 3 N–H and O–H groups in total. The topological polar surface area (TPSA) is 98.1 Å². The molecule has 34 heavy (non-hydrogen) atoms. The van der Waals surface area contributed by atoms with E-state index < -0.39 is 22.8 Å². The number of halogens is 3. The molecule has 0 radical (unpaired) electrons. The lowest BCUT2D eigenvalue weighted by Crippen LogP contribution is -2.19. The third-order valence-corrected chi connectivity index (χ3v) is 6.83. The van der Waals surface area contributed by atoms with Crippen LogP contribution in [0, 0.1) is 0 Å². The number of benzene rings is 3. The van der Waals surface area contributed by atoms with Crippen LogP contribution >= 0.6 is 0 Å². The number of rotatable bonds is 6. The molecule has 2 unspecified atom stereocenters. The second kappa shape index (κ2) is 8.14. The average Bonchev–Trinajstić information content (AvgIpc) is 3.48. The van der Waals surface area contributed by atoms with Crippen molar-refractivity contribution in [2.24, 2.45) is 5.14 Å². The van der Waals surface area contributed by atoms with Gasteiger partial charge in [-0.3, -0.25) is 0 Å². The van der Waals surface area contributed by atoms with Gasteiger partial charge in [0.1, 0.15) is 11.6 Å². The summed E-state index contributed by atoms with van der Waals surface area (Å²) in [5.41, 5.74) is 3.76. The minimum absolute atomic E-state index is 0.0546. The zero-order valence-electron chi connectivity index (χ0n) is 17.7. The molecule has 0 bridgehead atoms. The SMILES string of the molecule is NS(=O)(=O)c1ccccc1-c1ccc2nc(C3CC3c3ccc(OCC(F)(F)F)cc3)[nH]c2c1. The Bertz CT molecular complexity index is 1460. The van der Waals surface area contributed by atoms with Gasteiger partial charge in [-0.15, -0.1) is 0 Å². The van der Waals surface area contributed by atoms with Crippen LogP contribution in [-0.2, 0) is 10.0 Å². The fourth-order valence-electron chi connectivity index (χ4n) is 4.17. The van der Waals surface area contributed by atoms with Crippen LogP contribution in [-0.4, -0.2) is 31.2 Å². The second-order valence-electron chi connectivity index (χ2n) is 8.32. The molecule has 3 aromatic carbocycles. The Morgan fingerprint density at radius 3 is 2.47 bits per heavy atom. The van der Waals surface area contributed by atoms with Crippen LogP contribution in [0.25, 0.3) is 22.2 Å². The number of H-pyrrole nitrogens is 1. The molecule has 1 fully saturated rings. The average molecular weight is 488 g/mol. The van der Waals surface area contributed by atoms with Gasteiger partial charge in [-0.05, 0) is 53.8 Å². The Hall–Kier alpha value is -3.37. The van der Waals surface area contributed by atoms with Crippen LogP contribution in [0.3, 0.4) is 0 Å². The van der Waals surface area contributed by atoms with E-state index in [1.165, 1.54) is 6.07 Å². The van der Waals surface area contributed by atoms with Gasteiger partial charge in [0.25, 0.3) is 0 Å². The summed E-state index contributed by atoms with van der Waals surface area (Å²) in [5, 5.41) is 5.37. The van der Waals surface area contributed by atoms with Gasteiger partial charge in [0.15, 0.2) is 6.61 Å². The number of nitrogens with one attached hydrogen (secondary N) is 1. The van der Waals surface area contributed by atoms with Crippen LogP contribution in [0.5, 0.6) is 5.75 Å². The van der Waals surface area contributed by atoms with Crippen LogP contribution in [0.2, 0.25) is 0 Å². The summed E-state index contributed by atoms with van der Waals surface area (Å²) in [4.78, 5) is 8.07. The molecule has 6 nitrogen and oxygen atoms in total. The van der Waals surface area contributed by atoms with Crippen molar-refractivity contribution in [3.8, 4) is 16.9 Å². The molecule has 0 amide bonds. The fraction of sp³-hybridized carbons (Fsp3) is 0.208. The Labute approximate surface area is 193 Å². The molecule has 5 rings (SSSR count). The molecule has 1 heterocycles. The van der Waals surface area contributed by atoms with Crippen LogP contribution in [0.1, 0.15) is 29.6 Å². The molecule has 0 saturated heterocycles. The van der Waals surface area contributed by atoms with E-state index >= 15 is 0 Å². The molecule has 2 atom stereocenters. The standard InChI is InChI=1S/C24H20F3N3O3S/c25-24(26,27)13-33-16-8-5-14(6-9-16)18-12-19(18)23-29-20-10-7-15(11-21(20)30-23)17-3-1-2-4-22(17)34(28,31)32/h1-11,18-19H,12-13H2,(H,29,30)(H2,28,31,32). The molecular formula is C24H20F3N3O3S. The lowest BCUT2D eigenvalue weighted by Gasteiger charge is -2.09. The highest BCUT2D eigenvalue weighted by atomic mass is 32.2. The second-order valence-corrected chi connectivity index (χ2v) is 9.85. The number of aromatic amines is 1. The summed E-state index contributed by atoms with van der Waals surface area (Å²) in [5.74, 6) is 1.36. The maximum Gasteiger partial charge on any atom is 0.422 e. The number of sulfonamides is 1. The summed E-state index contributed by atoms with van der Waals surface area (Å²) in [6.45, 7) is -1.32. The molecule has 1 aliphatic carbocycles. The maximum atomic E-state index is 12.3. The first kappa shape index (κ1) is 22.4. The third-order valence-electron chi connectivity index (χ3n) is 5.86. The molecule has 1 aromatic heterocycles. The van der Waals surface area contributed by atoms with Crippen molar-refractivity contribution in [2.75, 3.05) is 6.61 Å². The highest BCUT2D eigenvalue weighted by Crippen LogP contribution is 2.54. The van der Waals surface area contributed by atoms with Crippen molar-refractivity contribution < 1.29 is 26.3 Å². The van der Waals surface area contributed by atoms with Crippen molar-refractivity contribution >= 4 is 21.1 Å². The smallest absolute Gasteiger partial charge is 0.422 e. The van der Waals surface area contributed by atoms with Crippen molar-refractivity contribution in [3.05, 3.63) is 78.1 Å². The van der Waals surface area contributed by atoms with Crippen LogP contribution in [0.4, 0.5) is 13.2 Å². The predicted molar refractivity (Wildman–Crippen MR) is 121 cm³/mol. The number of imidazole rings is 1. The van der Waals surface area contributed by atoms with Gasteiger partial charge in [0, 0.05) is 11.5 Å². The summed E-state index contributed by atoms with van der Waals surface area (Å²) in [6, 6.07) is 18.7. The predicted octanol–water partition coefficient (Wildman–Crippen LogP) is 5.09. The van der Waals surface area contributed by atoms with E-state index in [1.54, 1.807) is 48.5 Å². The zero-order chi connectivity index (χ0) is 24.1. The first-order valence-electron chi connectivity index (χ1n) is 10.5. The van der Waals surface area contributed by atoms with E-state index in [-0.39, 0.29) is 22.5 Å². The van der Waals surface area contributed by atoms with Crippen molar-refractivity contribution in [2.45, 2.75) is 29.3 Å².